The zero-order valence-corrected chi connectivity index (χ0v) is 40.2. The molecule has 0 atom stereocenters. The third-order valence-electron chi connectivity index (χ3n) is 15.7. The summed E-state index contributed by atoms with van der Waals surface area (Å²) in [5.74, 6) is 0. The molecule has 0 bridgehead atoms. The van der Waals surface area contributed by atoms with Gasteiger partial charge in [0, 0.05) is 44.1 Å². The van der Waals surface area contributed by atoms with Crippen molar-refractivity contribution < 1.29 is 0 Å². The summed E-state index contributed by atoms with van der Waals surface area (Å²) in [4.78, 5) is 2.57. The highest BCUT2D eigenvalue weighted by atomic mass is 15.2. The van der Waals surface area contributed by atoms with Crippen molar-refractivity contribution in [1.82, 2.24) is 9.61 Å². The highest BCUT2D eigenvalue weighted by Gasteiger charge is 2.47. The monoisotopic (exact) mass is 919 g/mol. The fourth-order valence-electron chi connectivity index (χ4n) is 12.5. The van der Waals surface area contributed by atoms with Crippen molar-refractivity contribution in [1.29, 1.82) is 0 Å². The van der Waals surface area contributed by atoms with E-state index in [0.29, 0.717) is 0 Å². The Bertz CT molecular complexity index is 4000. The first kappa shape index (κ1) is 41.9. The lowest BCUT2D eigenvalue weighted by atomic mass is 9.67. The highest BCUT2D eigenvalue weighted by Crippen LogP contribution is 2.59. The largest absolute Gasteiger partial charge is 0.309 e. The minimum atomic E-state index is -0.579. The molecule has 72 heavy (non-hydrogen) atoms. The number of pyridine rings is 1. The van der Waals surface area contributed by atoms with Crippen LogP contribution in [-0.2, 0) is 10.8 Å². The van der Waals surface area contributed by atoms with Gasteiger partial charge in [-0.2, -0.15) is 5.10 Å². The predicted molar refractivity (Wildman–Crippen MR) is 299 cm³/mol. The van der Waals surface area contributed by atoms with Gasteiger partial charge in [-0.15, -0.1) is 0 Å². The molecular weight excluding hydrogens is 871 g/mol. The third-order valence-corrected chi connectivity index (χ3v) is 15.7. The van der Waals surface area contributed by atoms with E-state index in [-0.39, 0.29) is 5.41 Å². The Kier molecular flexibility index (Phi) is 9.46. The molecule has 0 radical (unpaired) electrons. The van der Waals surface area contributed by atoms with Crippen LogP contribution in [0.1, 0.15) is 47.2 Å². The SMILES string of the molecule is CC1(C)c2ccccc2-c2c(N(c3ccc4c(c3)C(c3ccccc3)(c3ccccc3)c3ccccc3-4)c3cccc4c3cc(-c3ccccc3)n3nc(-c5ccccc5)c(-c5ccccc5)c43)cccc21. The lowest BCUT2D eigenvalue weighted by Crippen LogP contribution is -2.28. The molecule has 3 heteroatoms. The number of anilines is 3. The van der Waals surface area contributed by atoms with E-state index in [1.54, 1.807) is 0 Å². The maximum absolute atomic E-state index is 5.60. The van der Waals surface area contributed by atoms with Crippen LogP contribution in [0.4, 0.5) is 17.1 Å². The van der Waals surface area contributed by atoms with Gasteiger partial charge in [0.25, 0.3) is 0 Å². The molecule has 0 unspecified atom stereocenters. The van der Waals surface area contributed by atoms with E-state index >= 15 is 0 Å². The van der Waals surface area contributed by atoms with Crippen LogP contribution in [0.15, 0.2) is 261 Å². The zero-order valence-electron chi connectivity index (χ0n) is 40.2. The lowest BCUT2D eigenvalue weighted by molar-refractivity contribution is 0.660. The summed E-state index contributed by atoms with van der Waals surface area (Å²) in [6.07, 6.45) is 0. The van der Waals surface area contributed by atoms with E-state index < -0.39 is 5.41 Å². The van der Waals surface area contributed by atoms with Crippen molar-refractivity contribution in [3.05, 3.63) is 294 Å². The molecule has 2 aliphatic rings. The number of rotatable bonds is 8. The molecular formula is C69H49N3. The van der Waals surface area contributed by atoms with Crippen LogP contribution in [0.3, 0.4) is 0 Å². The number of fused-ring (bicyclic) bond motifs is 9. The molecule has 0 saturated carbocycles. The fraction of sp³-hybridized carbons (Fsp3) is 0.0580. The van der Waals surface area contributed by atoms with Gasteiger partial charge in [-0.05, 0) is 86.0 Å². The average molecular weight is 920 g/mol. The van der Waals surface area contributed by atoms with Gasteiger partial charge in [0.05, 0.1) is 28.0 Å². The van der Waals surface area contributed by atoms with Gasteiger partial charge in [-0.1, -0.05) is 244 Å². The van der Waals surface area contributed by atoms with Crippen LogP contribution in [0.5, 0.6) is 0 Å². The van der Waals surface area contributed by atoms with E-state index in [2.05, 4.69) is 284 Å². The summed E-state index contributed by atoms with van der Waals surface area (Å²) in [6.45, 7) is 4.75. The van der Waals surface area contributed by atoms with Crippen molar-refractivity contribution in [2.24, 2.45) is 0 Å². The normalized spacial score (nSPS) is 13.6. The highest BCUT2D eigenvalue weighted by molar-refractivity contribution is 6.14. The number of benzene rings is 10. The van der Waals surface area contributed by atoms with E-state index in [1.165, 1.54) is 55.6 Å². The lowest BCUT2D eigenvalue weighted by Gasteiger charge is -2.35. The Balaban J connectivity index is 1.13. The molecule has 0 spiro atoms. The number of nitrogens with zero attached hydrogens (tertiary/aromatic N) is 3. The van der Waals surface area contributed by atoms with Crippen molar-refractivity contribution in [3.8, 4) is 55.9 Å². The van der Waals surface area contributed by atoms with E-state index in [0.717, 1.165) is 67.0 Å². The summed E-state index contributed by atoms with van der Waals surface area (Å²) >= 11 is 0. The smallest absolute Gasteiger partial charge is 0.101 e. The van der Waals surface area contributed by atoms with Crippen LogP contribution in [0, 0.1) is 0 Å². The Morgan fingerprint density at radius 3 is 1.58 bits per heavy atom. The fourth-order valence-corrected chi connectivity index (χ4v) is 12.5. The Labute approximate surface area is 420 Å². The second kappa shape index (κ2) is 16.3. The molecule has 2 heterocycles. The van der Waals surface area contributed by atoms with Gasteiger partial charge in [-0.25, -0.2) is 4.52 Å². The van der Waals surface area contributed by atoms with Crippen molar-refractivity contribution in [3.63, 3.8) is 0 Å². The molecule has 12 aromatic rings. The zero-order chi connectivity index (χ0) is 48.0. The maximum atomic E-state index is 5.60. The molecule has 0 amide bonds. The minimum Gasteiger partial charge on any atom is -0.309 e. The van der Waals surface area contributed by atoms with Crippen LogP contribution in [0.2, 0.25) is 0 Å². The van der Waals surface area contributed by atoms with E-state index in [9.17, 15) is 0 Å². The molecule has 340 valence electrons. The molecule has 3 nitrogen and oxygen atoms in total. The van der Waals surface area contributed by atoms with Gasteiger partial charge in [0.15, 0.2) is 0 Å². The molecule has 2 aliphatic carbocycles. The summed E-state index contributed by atoms with van der Waals surface area (Å²) in [6, 6.07) is 96.1. The molecule has 0 aliphatic heterocycles. The van der Waals surface area contributed by atoms with Gasteiger partial charge < -0.3 is 4.90 Å². The number of aromatic nitrogens is 2. The van der Waals surface area contributed by atoms with Crippen molar-refractivity contribution in [2.75, 3.05) is 4.90 Å². The Hall–Kier alpha value is -9.05. The van der Waals surface area contributed by atoms with E-state index in [1.807, 2.05) is 0 Å². The molecule has 0 fully saturated rings. The van der Waals surface area contributed by atoms with Crippen molar-refractivity contribution >= 4 is 33.4 Å². The number of hydrogen-bond donors (Lipinski definition) is 0. The van der Waals surface area contributed by atoms with Crippen LogP contribution in [-0.4, -0.2) is 9.61 Å². The topological polar surface area (TPSA) is 20.5 Å². The summed E-state index contributed by atoms with van der Waals surface area (Å²) < 4.78 is 2.20. The molecule has 2 aromatic heterocycles. The van der Waals surface area contributed by atoms with Gasteiger partial charge in [0.1, 0.15) is 5.69 Å². The average Bonchev–Trinajstić information content (AvgIpc) is 4.07. The predicted octanol–water partition coefficient (Wildman–Crippen LogP) is 17.6. The Morgan fingerprint density at radius 1 is 0.375 bits per heavy atom. The van der Waals surface area contributed by atoms with Crippen molar-refractivity contribution in [2.45, 2.75) is 24.7 Å². The molecule has 14 rings (SSSR count). The summed E-state index contributed by atoms with van der Waals surface area (Å²) in [5.41, 5.74) is 22.7. The first-order valence-corrected chi connectivity index (χ1v) is 25.1. The Morgan fingerprint density at radius 2 is 0.903 bits per heavy atom. The standard InChI is InChI=1S/C69H49N3/c1-68(2)57-37-20-19-35-55(57)65-59(68)39-23-41-62(65)71(51-42-43-53-52-34-18-21-38-58(52)69(60(53)44-51,49-30-14-6-15-31-49)50-32-16-7-17-33-50)61-40-22-36-54-56(61)45-63(46-24-8-3-9-25-46)72-67(54)64(47-26-10-4-11-27-47)66(70-72)48-28-12-5-13-29-48/h3-45H,1-2H3. The molecule has 0 N–H and O–H groups in total. The molecule has 0 saturated heterocycles. The quantitative estimate of drug-likeness (QED) is 0.151. The van der Waals surface area contributed by atoms with Crippen LogP contribution < -0.4 is 4.90 Å². The summed E-state index contributed by atoms with van der Waals surface area (Å²) in [5, 5.41) is 7.85. The van der Waals surface area contributed by atoms with Gasteiger partial charge >= 0.3 is 0 Å². The second-order valence-corrected chi connectivity index (χ2v) is 19.8. The van der Waals surface area contributed by atoms with E-state index in [4.69, 9.17) is 5.10 Å². The second-order valence-electron chi connectivity index (χ2n) is 19.8. The first-order chi connectivity index (χ1) is 35.5. The van der Waals surface area contributed by atoms with Gasteiger partial charge in [-0.3, -0.25) is 0 Å². The maximum Gasteiger partial charge on any atom is 0.101 e. The minimum absolute atomic E-state index is 0.204. The molecule has 10 aromatic carbocycles. The van der Waals surface area contributed by atoms with Crippen LogP contribution in [0.25, 0.3) is 72.2 Å². The summed E-state index contributed by atoms with van der Waals surface area (Å²) in [7, 11) is 0. The first-order valence-electron chi connectivity index (χ1n) is 25.1. The third kappa shape index (κ3) is 6.07. The van der Waals surface area contributed by atoms with Crippen LogP contribution >= 0.6 is 0 Å². The number of hydrogen-bond acceptors (Lipinski definition) is 2. The van der Waals surface area contributed by atoms with Gasteiger partial charge in [0.2, 0.25) is 0 Å².